The average molecular weight is 415 g/mol. The van der Waals surface area contributed by atoms with Gasteiger partial charge < -0.3 is 10.4 Å². The Morgan fingerprint density at radius 3 is 2.34 bits per heavy atom. The van der Waals surface area contributed by atoms with Crippen molar-refractivity contribution in [2.24, 2.45) is 0 Å². The van der Waals surface area contributed by atoms with Gasteiger partial charge in [0.1, 0.15) is 5.75 Å². The first-order valence-electron chi connectivity index (χ1n) is 9.74. The Balaban J connectivity index is 2.07. The summed E-state index contributed by atoms with van der Waals surface area (Å²) >= 11 is 0. The summed E-state index contributed by atoms with van der Waals surface area (Å²) in [7, 11) is -3.53. The highest BCUT2D eigenvalue weighted by Gasteiger charge is 2.19. The number of anilines is 1. The van der Waals surface area contributed by atoms with Gasteiger partial charge in [-0.3, -0.25) is 4.79 Å². The highest BCUT2D eigenvalue weighted by atomic mass is 32.2. The van der Waals surface area contributed by atoms with E-state index in [9.17, 15) is 18.3 Å². The van der Waals surface area contributed by atoms with Crippen LogP contribution in [0.15, 0.2) is 47.4 Å². The molecule has 0 aliphatic carbocycles. The Bertz CT molecular complexity index is 977. The number of unbranched alkanes of at least 4 members (excludes halogenated alkanes) is 5. The third-order valence-electron chi connectivity index (χ3n) is 4.61. The molecule has 0 spiro atoms. The fourth-order valence-corrected chi connectivity index (χ4v) is 4.30. The van der Waals surface area contributed by atoms with Crippen molar-refractivity contribution in [2.75, 3.05) is 11.1 Å². The molecule has 0 saturated carbocycles. The zero-order valence-electron chi connectivity index (χ0n) is 16.5. The van der Waals surface area contributed by atoms with Crippen molar-refractivity contribution < 1.29 is 18.3 Å². The normalized spacial score (nSPS) is 11.0. The lowest BCUT2D eigenvalue weighted by Gasteiger charge is -2.10. The van der Waals surface area contributed by atoms with E-state index in [0.717, 1.165) is 32.1 Å². The molecule has 154 valence electrons. The number of phenols is 1. The SMILES string of the molecule is CCCCCCCCS(=O)(=O)c1ccc(O)c(C(=O)Nc2ccc(C#N)cc2)c1. The number of sulfone groups is 1. The van der Waals surface area contributed by atoms with Gasteiger partial charge in [-0.2, -0.15) is 5.26 Å². The first-order valence-corrected chi connectivity index (χ1v) is 11.4. The minimum absolute atomic E-state index is 0.0145. The van der Waals surface area contributed by atoms with E-state index in [1.54, 1.807) is 24.3 Å². The number of hydrogen-bond donors (Lipinski definition) is 2. The minimum Gasteiger partial charge on any atom is -0.507 e. The predicted molar refractivity (Wildman–Crippen MR) is 113 cm³/mol. The van der Waals surface area contributed by atoms with Crippen LogP contribution < -0.4 is 5.32 Å². The number of phenolic OH excluding ortho intramolecular Hbond substituents is 1. The minimum atomic E-state index is -3.53. The average Bonchev–Trinajstić information content (AvgIpc) is 2.71. The summed E-state index contributed by atoms with van der Waals surface area (Å²) in [5.74, 6) is -0.904. The van der Waals surface area contributed by atoms with Crippen molar-refractivity contribution >= 4 is 21.4 Å². The van der Waals surface area contributed by atoms with Crippen molar-refractivity contribution in [1.82, 2.24) is 0 Å². The standard InChI is InChI=1S/C22H26N2O4S/c1-2-3-4-5-6-7-14-29(27,28)19-12-13-21(25)20(15-19)22(26)24-18-10-8-17(16-23)9-11-18/h8-13,15,25H,2-7,14H2,1H3,(H,24,26). The number of nitrogens with zero attached hydrogens (tertiary/aromatic N) is 1. The fraction of sp³-hybridized carbons (Fsp3) is 0.364. The lowest BCUT2D eigenvalue weighted by molar-refractivity contribution is 0.102. The molecule has 0 aliphatic rings. The van der Waals surface area contributed by atoms with Gasteiger partial charge in [-0.05, 0) is 48.9 Å². The highest BCUT2D eigenvalue weighted by Crippen LogP contribution is 2.24. The summed E-state index contributed by atoms with van der Waals surface area (Å²) in [5, 5.41) is 21.4. The van der Waals surface area contributed by atoms with E-state index in [0.29, 0.717) is 17.7 Å². The Morgan fingerprint density at radius 1 is 1.03 bits per heavy atom. The third-order valence-corrected chi connectivity index (χ3v) is 6.41. The summed E-state index contributed by atoms with van der Waals surface area (Å²) in [4.78, 5) is 12.5. The second-order valence-corrected chi connectivity index (χ2v) is 9.02. The highest BCUT2D eigenvalue weighted by molar-refractivity contribution is 7.91. The molecule has 0 heterocycles. The molecule has 7 heteroatoms. The zero-order valence-corrected chi connectivity index (χ0v) is 17.3. The van der Waals surface area contributed by atoms with Crippen LogP contribution >= 0.6 is 0 Å². The van der Waals surface area contributed by atoms with Crippen LogP contribution in [0.2, 0.25) is 0 Å². The maximum Gasteiger partial charge on any atom is 0.259 e. The lowest BCUT2D eigenvalue weighted by atomic mass is 10.1. The van der Waals surface area contributed by atoms with Gasteiger partial charge in [0.05, 0.1) is 27.8 Å². The molecule has 6 nitrogen and oxygen atoms in total. The smallest absolute Gasteiger partial charge is 0.259 e. The number of aromatic hydroxyl groups is 1. The molecule has 2 rings (SSSR count). The van der Waals surface area contributed by atoms with Crippen LogP contribution in [-0.2, 0) is 9.84 Å². The molecule has 0 aromatic heterocycles. The first-order chi connectivity index (χ1) is 13.9. The molecule has 0 radical (unpaired) electrons. The van der Waals surface area contributed by atoms with Crippen LogP contribution in [0.4, 0.5) is 5.69 Å². The Morgan fingerprint density at radius 2 is 1.69 bits per heavy atom. The van der Waals surface area contributed by atoms with E-state index in [1.807, 2.05) is 6.07 Å². The number of carbonyl (C=O) groups is 1. The van der Waals surface area contributed by atoms with Crippen molar-refractivity contribution in [3.8, 4) is 11.8 Å². The van der Waals surface area contributed by atoms with Gasteiger partial charge in [0.15, 0.2) is 9.84 Å². The van der Waals surface area contributed by atoms with E-state index >= 15 is 0 Å². The topological polar surface area (TPSA) is 107 Å². The zero-order chi connectivity index (χ0) is 21.3. The van der Waals surface area contributed by atoms with Gasteiger partial charge in [-0.1, -0.05) is 39.0 Å². The predicted octanol–water partition coefficient (Wildman–Crippen LogP) is 4.65. The van der Waals surface area contributed by atoms with Crippen LogP contribution in [0, 0.1) is 11.3 Å². The number of nitrogens with one attached hydrogen (secondary N) is 1. The molecule has 0 aliphatic heterocycles. The Hall–Kier alpha value is -2.85. The van der Waals surface area contributed by atoms with Crippen LogP contribution in [-0.4, -0.2) is 25.2 Å². The molecular weight excluding hydrogens is 388 g/mol. The van der Waals surface area contributed by atoms with E-state index in [4.69, 9.17) is 5.26 Å². The molecule has 0 saturated heterocycles. The number of carbonyl (C=O) groups excluding carboxylic acids is 1. The summed E-state index contributed by atoms with van der Waals surface area (Å²) in [6.45, 7) is 2.13. The van der Waals surface area contributed by atoms with Gasteiger partial charge in [0.25, 0.3) is 5.91 Å². The fourth-order valence-electron chi connectivity index (χ4n) is 2.91. The Kier molecular flexibility index (Phi) is 8.22. The van der Waals surface area contributed by atoms with Gasteiger partial charge >= 0.3 is 0 Å². The van der Waals surface area contributed by atoms with Gasteiger partial charge in [0, 0.05) is 5.69 Å². The largest absolute Gasteiger partial charge is 0.507 e. The van der Waals surface area contributed by atoms with Crippen molar-refractivity contribution in [2.45, 2.75) is 50.3 Å². The number of rotatable bonds is 10. The number of amides is 1. The number of nitriles is 1. The van der Waals surface area contributed by atoms with Crippen molar-refractivity contribution in [3.05, 3.63) is 53.6 Å². The Labute approximate surface area is 172 Å². The van der Waals surface area contributed by atoms with Crippen LogP contribution in [0.5, 0.6) is 5.75 Å². The maximum absolute atomic E-state index is 12.6. The van der Waals surface area contributed by atoms with Gasteiger partial charge in [0.2, 0.25) is 0 Å². The molecule has 29 heavy (non-hydrogen) atoms. The summed E-state index contributed by atoms with van der Waals surface area (Å²) < 4.78 is 25.2. The molecule has 0 atom stereocenters. The molecule has 2 aromatic rings. The summed E-state index contributed by atoms with van der Waals surface area (Å²) in [6.07, 6.45) is 5.83. The van der Waals surface area contributed by atoms with Crippen LogP contribution in [0.3, 0.4) is 0 Å². The summed E-state index contributed by atoms with van der Waals surface area (Å²) in [6, 6.07) is 12.0. The number of benzene rings is 2. The van der Waals surface area contributed by atoms with Crippen LogP contribution in [0.25, 0.3) is 0 Å². The maximum atomic E-state index is 12.6. The van der Waals surface area contributed by atoms with Crippen LogP contribution in [0.1, 0.15) is 61.4 Å². The van der Waals surface area contributed by atoms with E-state index in [-0.39, 0.29) is 22.0 Å². The van der Waals surface area contributed by atoms with E-state index in [1.165, 1.54) is 18.2 Å². The summed E-state index contributed by atoms with van der Waals surface area (Å²) in [5.41, 5.74) is 0.778. The second-order valence-electron chi connectivity index (χ2n) is 6.91. The van der Waals surface area contributed by atoms with Gasteiger partial charge in [-0.25, -0.2) is 8.42 Å². The first kappa shape index (κ1) is 22.4. The molecule has 2 N–H and O–H groups in total. The number of hydrogen-bond acceptors (Lipinski definition) is 5. The third kappa shape index (κ3) is 6.61. The lowest BCUT2D eigenvalue weighted by Crippen LogP contribution is -2.14. The van der Waals surface area contributed by atoms with Crippen molar-refractivity contribution in [1.29, 1.82) is 5.26 Å². The van der Waals surface area contributed by atoms with Gasteiger partial charge in [-0.15, -0.1) is 0 Å². The second kappa shape index (κ2) is 10.6. The molecule has 0 unspecified atom stereocenters. The quantitative estimate of drug-likeness (QED) is 0.550. The molecule has 1 amide bonds. The molecular formula is C22H26N2O4S. The molecule has 0 fully saturated rings. The van der Waals surface area contributed by atoms with E-state index in [2.05, 4.69) is 12.2 Å². The van der Waals surface area contributed by atoms with Crippen molar-refractivity contribution in [3.63, 3.8) is 0 Å². The monoisotopic (exact) mass is 414 g/mol. The molecule has 0 bridgehead atoms. The van der Waals surface area contributed by atoms with E-state index < -0.39 is 15.7 Å². The molecule has 2 aromatic carbocycles.